The van der Waals surface area contributed by atoms with Crippen molar-refractivity contribution in [2.24, 2.45) is 0 Å². The molecule has 0 unspecified atom stereocenters. The third kappa shape index (κ3) is 1.71. The van der Waals surface area contributed by atoms with Gasteiger partial charge in [-0.2, -0.15) is 0 Å². The van der Waals surface area contributed by atoms with Crippen molar-refractivity contribution in [2.45, 2.75) is 0 Å². The van der Waals surface area contributed by atoms with E-state index in [-0.39, 0.29) is 0 Å². The van der Waals surface area contributed by atoms with E-state index in [2.05, 4.69) is 11.0 Å². The second-order valence-electron chi connectivity index (χ2n) is 2.51. The molecule has 1 aromatic carbocycles. The van der Waals surface area contributed by atoms with Crippen molar-refractivity contribution in [1.29, 1.82) is 0 Å². The van der Waals surface area contributed by atoms with Gasteiger partial charge in [-0.1, -0.05) is 30.3 Å². The maximum absolute atomic E-state index is 8.37. The molecule has 0 saturated heterocycles. The first-order chi connectivity index (χ1) is 6.40. The monoisotopic (exact) mass is 191 g/mol. The molecular formula is C10H7O2S. The van der Waals surface area contributed by atoms with Crippen molar-refractivity contribution in [3.05, 3.63) is 41.8 Å². The highest BCUT2D eigenvalue weighted by Crippen LogP contribution is 2.29. The van der Waals surface area contributed by atoms with Crippen molar-refractivity contribution in [3.63, 3.8) is 0 Å². The zero-order valence-electron chi connectivity index (χ0n) is 6.73. The molecule has 0 spiro atoms. The molecule has 2 aromatic rings. The molecule has 65 valence electrons. The predicted molar refractivity (Wildman–Crippen MR) is 51.8 cm³/mol. The van der Waals surface area contributed by atoms with Gasteiger partial charge in [-0.3, -0.25) is 0 Å². The minimum Gasteiger partial charge on any atom is -0.339 e. The zero-order valence-corrected chi connectivity index (χ0v) is 7.54. The van der Waals surface area contributed by atoms with Gasteiger partial charge in [0.05, 0.1) is 6.07 Å². The fourth-order valence-corrected chi connectivity index (χ4v) is 1.82. The van der Waals surface area contributed by atoms with Crippen LogP contribution in [0.1, 0.15) is 0 Å². The number of thiophene rings is 1. The van der Waals surface area contributed by atoms with E-state index in [0.717, 1.165) is 10.4 Å². The van der Waals surface area contributed by atoms with Crippen LogP contribution in [-0.2, 0) is 0 Å². The zero-order chi connectivity index (χ0) is 9.10. The van der Waals surface area contributed by atoms with Crippen LogP contribution < -0.4 is 4.89 Å². The second kappa shape index (κ2) is 3.60. The van der Waals surface area contributed by atoms with Crippen LogP contribution in [0.15, 0.2) is 35.7 Å². The van der Waals surface area contributed by atoms with Crippen LogP contribution >= 0.6 is 11.3 Å². The molecule has 0 saturated carbocycles. The maximum Gasteiger partial charge on any atom is 0.184 e. The number of rotatable bonds is 2. The minimum absolute atomic E-state index is 0.365. The van der Waals surface area contributed by atoms with Gasteiger partial charge in [-0.05, 0) is 5.56 Å². The minimum atomic E-state index is 0.365. The van der Waals surface area contributed by atoms with Crippen LogP contribution in [0.3, 0.4) is 0 Å². The summed E-state index contributed by atoms with van der Waals surface area (Å²) in [6.07, 6.45) is 0. The topological polar surface area (TPSA) is 29.5 Å². The van der Waals surface area contributed by atoms with E-state index in [1.165, 1.54) is 11.3 Å². The van der Waals surface area contributed by atoms with E-state index in [1.54, 1.807) is 5.38 Å². The Morgan fingerprint density at radius 3 is 2.62 bits per heavy atom. The van der Waals surface area contributed by atoms with Crippen LogP contribution in [0, 0.1) is 6.07 Å². The van der Waals surface area contributed by atoms with Crippen molar-refractivity contribution in [1.82, 2.24) is 0 Å². The molecule has 13 heavy (non-hydrogen) atoms. The van der Waals surface area contributed by atoms with Crippen LogP contribution in [0.25, 0.3) is 10.4 Å². The maximum atomic E-state index is 8.37. The van der Waals surface area contributed by atoms with Gasteiger partial charge in [-0.15, -0.1) is 11.3 Å². The summed E-state index contributed by atoms with van der Waals surface area (Å²) in [5.41, 5.74) is 1.08. The molecule has 1 radical (unpaired) electrons. The van der Waals surface area contributed by atoms with E-state index in [1.807, 2.05) is 30.3 Å². The summed E-state index contributed by atoms with van der Waals surface area (Å²) in [7, 11) is 0. The van der Waals surface area contributed by atoms with Crippen molar-refractivity contribution >= 4 is 11.3 Å². The molecule has 0 aliphatic rings. The lowest BCUT2D eigenvalue weighted by Gasteiger charge is -1.93. The first-order valence-corrected chi connectivity index (χ1v) is 4.66. The third-order valence-corrected chi connectivity index (χ3v) is 2.56. The molecule has 2 nitrogen and oxygen atoms in total. The lowest BCUT2D eigenvalue weighted by Crippen LogP contribution is -1.78. The lowest BCUT2D eigenvalue weighted by molar-refractivity contribution is -0.137. The summed E-state index contributed by atoms with van der Waals surface area (Å²) < 4.78 is 0. The molecule has 3 heteroatoms. The summed E-state index contributed by atoms with van der Waals surface area (Å²) in [5.74, 6) is 0.365. The second-order valence-corrected chi connectivity index (χ2v) is 3.39. The van der Waals surface area contributed by atoms with E-state index in [0.29, 0.717) is 5.75 Å². The van der Waals surface area contributed by atoms with Crippen LogP contribution in [0.2, 0.25) is 0 Å². The Balaban J connectivity index is 2.36. The van der Waals surface area contributed by atoms with Gasteiger partial charge in [-0.25, -0.2) is 5.26 Å². The molecule has 0 aliphatic heterocycles. The average Bonchev–Trinajstić information content (AvgIpc) is 2.67. The standard InChI is InChI=1S/C10H7O2S/c11-12-9-6-10(13-7-9)8-4-2-1-3-5-8/h1-5,7,11H. The van der Waals surface area contributed by atoms with Gasteiger partial charge in [0.2, 0.25) is 0 Å². The SMILES string of the molecule is OOc1[c]c(-c2ccccc2)sc1. The Kier molecular flexibility index (Phi) is 2.29. The summed E-state index contributed by atoms with van der Waals surface area (Å²) in [6.45, 7) is 0. The lowest BCUT2D eigenvalue weighted by atomic mass is 10.2. The van der Waals surface area contributed by atoms with E-state index in [9.17, 15) is 0 Å². The number of benzene rings is 1. The van der Waals surface area contributed by atoms with Crippen molar-refractivity contribution < 1.29 is 10.1 Å². The summed E-state index contributed by atoms with van der Waals surface area (Å²) in [5, 5.41) is 10.1. The Morgan fingerprint density at radius 2 is 2.00 bits per heavy atom. The fraction of sp³-hybridized carbons (Fsp3) is 0. The van der Waals surface area contributed by atoms with Crippen molar-refractivity contribution in [3.8, 4) is 16.2 Å². The Hall–Kier alpha value is -1.32. The summed E-state index contributed by atoms with van der Waals surface area (Å²) in [6, 6.07) is 12.8. The Morgan fingerprint density at radius 1 is 1.23 bits per heavy atom. The normalized spacial score (nSPS) is 9.92. The number of hydrogen-bond acceptors (Lipinski definition) is 3. The van der Waals surface area contributed by atoms with Gasteiger partial charge in [0.15, 0.2) is 5.75 Å². The molecule has 0 fully saturated rings. The number of hydrogen-bond donors (Lipinski definition) is 1. The molecular weight excluding hydrogens is 184 g/mol. The van der Waals surface area contributed by atoms with E-state index in [4.69, 9.17) is 5.26 Å². The molecule has 0 bridgehead atoms. The van der Waals surface area contributed by atoms with E-state index >= 15 is 0 Å². The predicted octanol–water partition coefficient (Wildman–Crippen LogP) is 3.07. The molecule has 1 N–H and O–H groups in total. The molecule has 0 aliphatic carbocycles. The first kappa shape index (κ1) is 8.29. The Labute approximate surface area is 80.0 Å². The van der Waals surface area contributed by atoms with Gasteiger partial charge < -0.3 is 4.89 Å². The molecule has 1 heterocycles. The fourth-order valence-electron chi connectivity index (χ4n) is 1.06. The average molecular weight is 191 g/mol. The van der Waals surface area contributed by atoms with E-state index < -0.39 is 0 Å². The molecule has 0 amide bonds. The third-order valence-electron chi connectivity index (χ3n) is 1.65. The highest BCUT2D eigenvalue weighted by atomic mass is 32.1. The quantitative estimate of drug-likeness (QED) is 0.584. The van der Waals surface area contributed by atoms with Crippen LogP contribution in [0.5, 0.6) is 5.75 Å². The highest BCUT2D eigenvalue weighted by Gasteiger charge is 2.02. The smallest absolute Gasteiger partial charge is 0.184 e. The van der Waals surface area contributed by atoms with Crippen molar-refractivity contribution in [2.75, 3.05) is 0 Å². The largest absolute Gasteiger partial charge is 0.339 e. The summed E-state index contributed by atoms with van der Waals surface area (Å²) >= 11 is 1.49. The Bertz CT molecular complexity index is 381. The molecule has 0 atom stereocenters. The highest BCUT2D eigenvalue weighted by molar-refractivity contribution is 7.13. The summed E-state index contributed by atoms with van der Waals surface area (Å²) in [4.78, 5) is 5.03. The van der Waals surface area contributed by atoms with Gasteiger partial charge >= 0.3 is 0 Å². The van der Waals surface area contributed by atoms with Crippen LogP contribution in [0.4, 0.5) is 0 Å². The van der Waals surface area contributed by atoms with Gasteiger partial charge in [0, 0.05) is 10.3 Å². The van der Waals surface area contributed by atoms with Crippen LogP contribution in [-0.4, -0.2) is 5.26 Å². The first-order valence-electron chi connectivity index (χ1n) is 3.78. The molecule has 1 aromatic heterocycles. The molecule has 2 rings (SSSR count). The van der Waals surface area contributed by atoms with Gasteiger partial charge in [0.25, 0.3) is 0 Å². The van der Waals surface area contributed by atoms with Gasteiger partial charge in [0.1, 0.15) is 0 Å².